The number of aromatic nitrogens is 1. The highest BCUT2D eigenvalue weighted by atomic mass is 16.5. The molecule has 0 aromatic carbocycles. The number of rotatable bonds is 3. The Bertz CT molecular complexity index is 485. The molecule has 1 aromatic heterocycles. The number of ether oxygens (including phenoxy) is 1. The fourth-order valence-corrected chi connectivity index (χ4v) is 3.02. The van der Waals surface area contributed by atoms with E-state index in [-0.39, 0.29) is 5.91 Å². The SMILES string of the molecule is Nc1ccc(CC(=O)N2CCC(N3CCOCC3)C2)nc1. The molecule has 0 aliphatic carbocycles. The van der Waals surface area contributed by atoms with E-state index >= 15 is 0 Å². The quantitative estimate of drug-likeness (QED) is 0.857. The van der Waals surface area contributed by atoms with Crippen molar-refractivity contribution >= 4 is 11.6 Å². The molecule has 2 N–H and O–H groups in total. The number of carbonyl (C=O) groups is 1. The van der Waals surface area contributed by atoms with Gasteiger partial charge in [0.25, 0.3) is 0 Å². The molecule has 2 aliphatic heterocycles. The first-order chi connectivity index (χ1) is 10.2. The first-order valence-electron chi connectivity index (χ1n) is 7.52. The first-order valence-corrected chi connectivity index (χ1v) is 7.52. The summed E-state index contributed by atoms with van der Waals surface area (Å²) >= 11 is 0. The van der Waals surface area contributed by atoms with Crippen molar-refractivity contribution in [3.8, 4) is 0 Å². The third kappa shape index (κ3) is 3.51. The summed E-state index contributed by atoms with van der Waals surface area (Å²) in [6, 6.07) is 4.09. The minimum Gasteiger partial charge on any atom is -0.397 e. The number of likely N-dealkylation sites (tertiary alicyclic amines) is 1. The Morgan fingerprint density at radius 1 is 1.33 bits per heavy atom. The molecule has 21 heavy (non-hydrogen) atoms. The second-order valence-corrected chi connectivity index (χ2v) is 5.69. The summed E-state index contributed by atoms with van der Waals surface area (Å²) in [5, 5.41) is 0. The Morgan fingerprint density at radius 2 is 2.14 bits per heavy atom. The number of nitrogen functional groups attached to an aromatic ring is 1. The van der Waals surface area contributed by atoms with E-state index in [0.29, 0.717) is 18.2 Å². The molecule has 1 unspecified atom stereocenters. The zero-order chi connectivity index (χ0) is 14.7. The predicted molar refractivity (Wildman–Crippen MR) is 79.7 cm³/mol. The van der Waals surface area contributed by atoms with Gasteiger partial charge >= 0.3 is 0 Å². The van der Waals surface area contributed by atoms with Gasteiger partial charge in [0.2, 0.25) is 5.91 Å². The summed E-state index contributed by atoms with van der Waals surface area (Å²) in [6.07, 6.45) is 3.01. The Kier molecular flexibility index (Phi) is 4.36. The summed E-state index contributed by atoms with van der Waals surface area (Å²) in [5.74, 6) is 0.156. The van der Waals surface area contributed by atoms with E-state index in [2.05, 4.69) is 9.88 Å². The van der Waals surface area contributed by atoms with Gasteiger partial charge in [0.1, 0.15) is 0 Å². The van der Waals surface area contributed by atoms with Crippen LogP contribution in [0.3, 0.4) is 0 Å². The summed E-state index contributed by atoms with van der Waals surface area (Å²) in [5.41, 5.74) is 7.01. The number of pyridine rings is 1. The molecule has 0 radical (unpaired) electrons. The molecule has 2 fully saturated rings. The Labute approximate surface area is 124 Å². The number of anilines is 1. The van der Waals surface area contributed by atoms with Gasteiger partial charge in [-0.05, 0) is 18.6 Å². The van der Waals surface area contributed by atoms with Crippen LogP contribution in [0.1, 0.15) is 12.1 Å². The third-order valence-corrected chi connectivity index (χ3v) is 4.26. The molecule has 3 heterocycles. The van der Waals surface area contributed by atoms with Gasteiger partial charge in [0, 0.05) is 37.9 Å². The highest BCUT2D eigenvalue weighted by Gasteiger charge is 2.31. The van der Waals surface area contributed by atoms with Crippen molar-refractivity contribution in [1.29, 1.82) is 0 Å². The molecule has 0 saturated carbocycles. The Morgan fingerprint density at radius 3 is 2.86 bits per heavy atom. The third-order valence-electron chi connectivity index (χ3n) is 4.26. The van der Waals surface area contributed by atoms with Crippen LogP contribution in [0.15, 0.2) is 18.3 Å². The number of morpholine rings is 1. The number of amides is 1. The lowest BCUT2D eigenvalue weighted by atomic mass is 10.2. The van der Waals surface area contributed by atoms with E-state index in [0.717, 1.165) is 51.5 Å². The van der Waals surface area contributed by atoms with E-state index < -0.39 is 0 Å². The highest BCUT2D eigenvalue weighted by Crippen LogP contribution is 2.18. The van der Waals surface area contributed by atoms with Crippen LogP contribution in [0.2, 0.25) is 0 Å². The number of nitrogens with zero attached hydrogens (tertiary/aromatic N) is 3. The van der Waals surface area contributed by atoms with Crippen molar-refractivity contribution in [2.45, 2.75) is 18.9 Å². The van der Waals surface area contributed by atoms with Gasteiger partial charge in [-0.25, -0.2) is 0 Å². The molecule has 2 aliphatic rings. The van der Waals surface area contributed by atoms with Crippen LogP contribution in [-0.4, -0.2) is 66.1 Å². The number of carbonyl (C=O) groups excluding carboxylic acids is 1. The van der Waals surface area contributed by atoms with E-state index in [9.17, 15) is 4.79 Å². The first kappa shape index (κ1) is 14.3. The zero-order valence-electron chi connectivity index (χ0n) is 12.2. The summed E-state index contributed by atoms with van der Waals surface area (Å²) in [7, 11) is 0. The molecular formula is C15H22N4O2. The summed E-state index contributed by atoms with van der Waals surface area (Å²) in [4.78, 5) is 20.9. The monoisotopic (exact) mass is 290 g/mol. The number of hydrogen-bond donors (Lipinski definition) is 1. The molecule has 0 spiro atoms. The van der Waals surface area contributed by atoms with Crippen LogP contribution in [0, 0.1) is 0 Å². The molecule has 1 atom stereocenters. The molecular weight excluding hydrogens is 268 g/mol. The van der Waals surface area contributed by atoms with Gasteiger partial charge in [0.15, 0.2) is 0 Å². The van der Waals surface area contributed by atoms with Gasteiger partial charge in [-0.2, -0.15) is 0 Å². The maximum Gasteiger partial charge on any atom is 0.228 e. The summed E-state index contributed by atoms with van der Waals surface area (Å²) in [6.45, 7) is 5.24. The van der Waals surface area contributed by atoms with Gasteiger partial charge in [-0.3, -0.25) is 14.7 Å². The molecule has 2 saturated heterocycles. The van der Waals surface area contributed by atoms with Crippen LogP contribution >= 0.6 is 0 Å². The topological polar surface area (TPSA) is 71.7 Å². The maximum absolute atomic E-state index is 12.3. The van der Waals surface area contributed by atoms with E-state index in [1.807, 2.05) is 11.0 Å². The van der Waals surface area contributed by atoms with Gasteiger partial charge in [0.05, 0.1) is 31.5 Å². The molecule has 1 amide bonds. The highest BCUT2D eigenvalue weighted by molar-refractivity contribution is 5.78. The van der Waals surface area contributed by atoms with Crippen molar-refractivity contribution in [2.24, 2.45) is 0 Å². The average Bonchev–Trinajstić information content (AvgIpc) is 3.00. The van der Waals surface area contributed by atoms with Gasteiger partial charge < -0.3 is 15.4 Å². The second kappa shape index (κ2) is 6.41. The molecule has 6 nitrogen and oxygen atoms in total. The van der Waals surface area contributed by atoms with E-state index in [1.54, 1.807) is 12.3 Å². The smallest absolute Gasteiger partial charge is 0.228 e. The normalized spacial score (nSPS) is 23.4. The van der Waals surface area contributed by atoms with Crippen LogP contribution in [-0.2, 0) is 16.0 Å². The minimum atomic E-state index is 0.156. The van der Waals surface area contributed by atoms with E-state index in [1.165, 1.54) is 0 Å². The fourth-order valence-electron chi connectivity index (χ4n) is 3.02. The molecule has 0 bridgehead atoms. The Balaban J connectivity index is 1.53. The molecule has 1 aromatic rings. The lowest BCUT2D eigenvalue weighted by molar-refractivity contribution is -0.129. The van der Waals surface area contributed by atoms with Crippen LogP contribution < -0.4 is 5.73 Å². The van der Waals surface area contributed by atoms with Crippen molar-refractivity contribution in [2.75, 3.05) is 45.1 Å². The fraction of sp³-hybridized carbons (Fsp3) is 0.600. The van der Waals surface area contributed by atoms with Crippen molar-refractivity contribution < 1.29 is 9.53 Å². The molecule has 6 heteroatoms. The lowest BCUT2D eigenvalue weighted by Gasteiger charge is -2.32. The van der Waals surface area contributed by atoms with Gasteiger partial charge in [-0.1, -0.05) is 0 Å². The number of hydrogen-bond acceptors (Lipinski definition) is 5. The van der Waals surface area contributed by atoms with E-state index in [4.69, 9.17) is 10.5 Å². The predicted octanol–water partition coefficient (Wildman–Crippen LogP) is 0.139. The van der Waals surface area contributed by atoms with Crippen molar-refractivity contribution in [3.05, 3.63) is 24.0 Å². The molecule has 114 valence electrons. The maximum atomic E-state index is 12.3. The lowest BCUT2D eigenvalue weighted by Crippen LogP contribution is -2.45. The largest absolute Gasteiger partial charge is 0.397 e. The van der Waals surface area contributed by atoms with Crippen molar-refractivity contribution in [1.82, 2.24) is 14.8 Å². The minimum absolute atomic E-state index is 0.156. The molecule has 3 rings (SSSR count). The average molecular weight is 290 g/mol. The summed E-state index contributed by atoms with van der Waals surface area (Å²) < 4.78 is 5.38. The van der Waals surface area contributed by atoms with Crippen LogP contribution in [0.5, 0.6) is 0 Å². The van der Waals surface area contributed by atoms with Crippen LogP contribution in [0.25, 0.3) is 0 Å². The zero-order valence-corrected chi connectivity index (χ0v) is 12.2. The number of nitrogens with two attached hydrogens (primary N) is 1. The Hall–Kier alpha value is -1.66. The van der Waals surface area contributed by atoms with Gasteiger partial charge in [-0.15, -0.1) is 0 Å². The van der Waals surface area contributed by atoms with Crippen molar-refractivity contribution in [3.63, 3.8) is 0 Å². The standard InChI is InChI=1S/C15H22N4O2/c16-12-1-2-13(17-10-12)9-15(20)19-4-3-14(11-19)18-5-7-21-8-6-18/h1-2,10,14H,3-9,11,16H2. The van der Waals surface area contributed by atoms with Crippen LogP contribution in [0.4, 0.5) is 5.69 Å². The second-order valence-electron chi connectivity index (χ2n) is 5.69.